The van der Waals surface area contributed by atoms with Crippen molar-refractivity contribution in [3.8, 4) is 0 Å². The fourth-order valence-electron chi connectivity index (χ4n) is 2.29. The molecule has 1 heterocycles. The van der Waals surface area contributed by atoms with Crippen molar-refractivity contribution in [2.24, 2.45) is 0 Å². The Balaban J connectivity index is 2.16. The second-order valence-corrected chi connectivity index (χ2v) is 3.94. The van der Waals surface area contributed by atoms with Gasteiger partial charge in [-0.25, -0.2) is 0 Å². The number of aliphatic hydroxyl groups is 2. The van der Waals surface area contributed by atoms with E-state index in [2.05, 4.69) is 0 Å². The average Bonchev–Trinajstić information content (AvgIpc) is 2.45. The topological polar surface area (TPSA) is 66.8 Å². The number of ether oxygens (including phenoxy) is 1. The van der Waals surface area contributed by atoms with Crippen LogP contribution in [0.4, 0.5) is 0 Å². The monoisotopic (exact) mass is 186 g/mol. The molecular weight excluding hydrogens is 172 g/mol. The largest absolute Gasteiger partial charge is 0.456 e. The first kappa shape index (κ1) is 8.97. The van der Waals surface area contributed by atoms with E-state index in [1.54, 1.807) is 0 Å². The predicted octanol–water partition coefficient (Wildman–Crippen LogP) is -0.0321. The summed E-state index contributed by atoms with van der Waals surface area (Å²) in [4.78, 5) is 11.0. The Morgan fingerprint density at radius 1 is 1.38 bits per heavy atom. The second kappa shape index (κ2) is 2.96. The third-order valence-electron chi connectivity index (χ3n) is 3.07. The highest BCUT2D eigenvalue weighted by Crippen LogP contribution is 2.40. The third-order valence-corrected chi connectivity index (χ3v) is 3.07. The summed E-state index contributed by atoms with van der Waals surface area (Å²) in [7, 11) is 0. The number of hydrogen-bond acceptors (Lipinski definition) is 4. The smallest absolute Gasteiger partial charge is 0.306 e. The molecule has 0 aromatic rings. The molecule has 0 bridgehead atoms. The van der Waals surface area contributed by atoms with E-state index in [0.29, 0.717) is 25.7 Å². The van der Waals surface area contributed by atoms with E-state index in [1.807, 2.05) is 0 Å². The lowest BCUT2D eigenvalue weighted by atomic mass is 9.79. The van der Waals surface area contributed by atoms with Gasteiger partial charge in [-0.1, -0.05) is 0 Å². The predicted molar refractivity (Wildman–Crippen MR) is 43.9 cm³/mol. The molecule has 0 unspecified atom stereocenters. The summed E-state index contributed by atoms with van der Waals surface area (Å²) in [6.45, 7) is 0. The molecule has 2 aliphatic rings. The molecule has 13 heavy (non-hydrogen) atoms. The van der Waals surface area contributed by atoms with Gasteiger partial charge in [-0.05, 0) is 19.3 Å². The van der Waals surface area contributed by atoms with Gasteiger partial charge in [-0.15, -0.1) is 0 Å². The van der Waals surface area contributed by atoms with Crippen molar-refractivity contribution in [3.63, 3.8) is 0 Å². The second-order valence-electron chi connectivity index (χ2n) is 3.94. The van der Waals surface area contributed by atoms with Crippen molar-refractivity contribution < 1.29 is 19.7 Å². The van der Waals surface area contributed by atoms with Gasteiger partial charge in [0.25, 0.3) is 0 Å². The molecule has 0 amide bonds. The van der Waals surface area contributed by atoms with Gasteiger partial charge in [0, 0.05) is 12.8 Å². The molecule has 3 atom stereocenters. The highest BCUT2D eigenvalue weighted by atomic mass is 16.6. The van der Waals surface area contributed by atoms with Crippen LogP contribution in [0.3, 0.4) is 0 Å². The molecule has 1 aliphatic heterocycles. The Hall–Kier alpha value is -0.610. The van der Waals surface area contributed by atoms with Crippen LogP contribution in [-0.2, 0) is 9.53 Å². The first-order chi connectivity index (χ1) is 6.14. The van der Waals surface area contributed by atoms with Gasteiger partial charge in [0.1, 0.15) is 11.7 Å². The lowest BCUT2D eigenvalue weighted by molar-refractivity contribution is -0.177. The summed E-state index contributed by atoms with van der Waals surface area (Å²) >= 11 is 0. The Morgan fingerprint density at radius 2 is 2.15 bits per heavy atom. The summed E-state index contributed by atoms with van der Waals surface area (Å²) in [5.41, 5.74) is -0.769. The van der Waals surface area contributed by atoms with E-state index in [1.165, 1.54) is 0 Å². The maximum atomic E-state index is 11.0. The van der Waals surface area contributed by atoms with Gasteiger partial charge in [-0.2, -0.15) is 0 Å². The molecule has 74 valence electrons. The van der Waals surface area contributed by atoms with Gasteiger partial charge >= 0.3 is 5.97 Å². The normalized spacial score (nSPS) is 45.2. The average molecular weight is 186 g/mol. The molecule has 1 saturated carbocycles. The van der Waals surface area contributed by atoms with Crippen LogP contribution in [-0.4, -0.2) is 34.0 Å². The number of carbonyl (C=O) groups is 1. The lowest BCUT2D eigenvalue weighted by Crippen LogP contribution is -2.51. The number of hydrogen-bond donors (Lipinski definition) is 2. The fraction of sp³-hybridized carbons (Fsp3) is 0.889. The maximum absolute atomic E-state index is 11.0. The number of rotatable bonds is 0. The van der Waals surface area contributed by atoms with Crippen LogP contribution in [0.5, 0.6) is 0 Å². The van der Waals surface area contributed by atoms with Crippen LogP contribution >= 0.6 is 0 Å². The molecule has 0 aromatic carbocycles. The number of carbonyl (C=O) groups excluding carboxylic acids is 1. The molecule has 1 saturated heterocycles. The Bertz CT molecular complexity index is 228. The maximum Gasteiger partial charge on any atom is 0.306 e. The molecule has 2 fully saturated rings. The first-order valence-electron chi connectivity index (χ1n) is 4.72. The van der Waals surface area contributed by atoms with E-state index >= 15 is 0 Å². The van der Waals surface area contributed by atoms with Gasteiger partial charge in [0.05, 0.1) is 6.10 Å². The van der Waals surface area contributed by atoms with Crippen LogP contribution in [0.2, 0.25) is 0 Å². The van der Waals surface area contributed by atoms with Gasteiger partial charge in [0.2, 0.25) is 0 Å². The first-order valence-corrected chi connectivity index (χ1v) is 4.72. The van der Waals surface area contributed by atoms with Crippen molar-refractivity contribution in [3.05, 3.63) is 0 Å². The summed E-state index contributed by atoms with van der Waals surface area (Å²) in [5.74, 6) is -0.256. The van der Waals surface area contributed by atoms with Gasteiger partial charge in [0.15, 0.2) is 0 Å². The minimum atomic E-state index is -0.896. The zero-order valence-corrected chi connectivity index (χ0v) is 7.40. The van der Waals surface area contributed by atoms with E-state index < -0.39 is 17.8 Å². The van der Waals surface area contributed by atoms with E-state index in [-0.39, 0.29) is 5.97 Å². The number of esters is 1. The third kappa shape index (κ3) is 1.34. The Kier molecular flexibility index (Phi) is 2.04. The summed E-state index contributed by atoms with van der Waals surface area (Å²) in [6.07, 6.45) is 1.36. The molecule has 1 aliphatic carbocycles. The SMILES string of the molecule is O=C1CC[C@@]2(CCC[C@H](O)[C@@H]2O)O1. The summed E-state index contributed by atoms with van der Waals surface area (Å²) in [5, 5.41) is 19.2. The Labute approximate surface area is 76.5 Å². The number of aliphatic hydroxyl groups excluding tert-OH is 2. The van der Waals surface area contributed by atoms with Crippen molar-refractivity contribution in [2.45, 2.75) is 49.9 Å². The molecule has 2 N–H and O–H groups in total. The van der Waals surface area contributed by atoms with Crippen LogP contribution in [0.1, 0.15) is 32.1 Å². The van der Waals surface area contributed by atoms with Crippen molar-refractivity contribution >= 4 is 5.97 Å². The molecule has 1 spiro atoms. The molecule has 4 heteroatoms. The van der Waals surface area contributed by atoms with Gasteiger partial charge in [-0.3, -0.25) is 4.79 Å². The molecular formula is C9H14O4. The van der Waals surface area contributed by atoms with Gasteiger partial charge < -0.3 is 14.9 Å². The van der Waals surface area contributed by atoms with E-state index in [0.717, 1.165) is 6.42 Å². The molecule has 2 rings (SSSR count). The molecule has 4 nitrogen and oxygen atoms in total. The molecule has 0 radical (unpaired) electrons. The Morgan fingerprint density at radius 3 is 2.77 bits per heavy atom. The fourth-order valence-corrected chi connectivity index (χ4v) is 2.29. The van der Waals surface area contributed by atoms with Crippen molar-refractivity contribution in [1.29, 1.82) is 0 Å². The van der Waals surface area contributed by atoms with Crippen LogP contribution in [0.25, 0.3) is 0 Å². The minimum Gasteiger partial charge on any atom is -0.456 e. The highest BCUT2D eigenvalue weighted by Gasteiger charge is 2.50. The summed E-state index contributed by atoms with van der Waals surface area (Å²) in [6, 6.07) is 0. The van der Waals surface area contributed by atoms with Crippen molar-refractivity contribution in [1.82, 2.24) is 0 Å². The summed E-state index contributed by atoms with van der Waals surface area (Å²) < 4.78 is 5.12. The molecule has 0 aromatic heterocycles. The van der Waals surface area contributed by atoms with Crippen LogP contribution in [0, 0.1) is 0 Å². The van der Waals surface area contributed by atoms with Crippen LogP contribution in [0.15, 0.2) is 0 Å². The zero-order valence-electron chi connectivity index (χ0n) is 7.40. The highest BCUT2D eigenvalue weighted by molar-refractivity contribution is 5.72. The quantitative estimate of drug-likeness (QED) is 0.521. The van der Waals surface area contributed by atoms with Crippen molar-refractivity contribution in [2.75, 3.05) is 0 Å². The van der Waals surface area contributed by atoms with E-state index in [4.69, 9.17) is 4.74 Å². The minimum absolute atomic E-state index is 0.256. The van der Waals surface area contributed by atoms with E-state index in [9.17, 15) is 15.0 Å². The lowest BCUT2D eigenvalue weighted by Gasteiger charge is -2.39. The zero-order chi connectivity index (χ0) is 9.47. The van der Waals surface area contributed by atoms with Crippen LogP contribution < -0.4 is 0 Å². The standard InChI is InChI=1S/C9H14O4/c10-6-2-1-4-9(8(6)12)5-3-7(11)13-9/h6,8,10,12H,1-5H2/t6-,8-,9+/m0/s1.